The Morgan fingerprint density at radius 2 is 1.50 bits per heavy atom. The van der Waals surface area contributed by atoms with E-state index in [4.69, 9.17) is 0 Å². The fourth-order valence-electron chi connectivity index (χ4n) is 3.69. The summed E-state index contributed by atoms with van der Waals surface area (Å²) in [7, 11) is 0. The Kier molecular flexibility index (Phi) is 4.90. The van der Waals surface area contributed by atoms with Crippen LogP contribution in [-0.2, 0) is 16.8 Å². The highest BCUT2D eigenvalue weighted by Gasteiger charge is 2.30. The summed E-state index contributed by atoms with van der Waals surface area (Å²) in [4.78, 5) is 17.3. The normalized spacial score (nSPS) is 11.3. The second-order valence-electron chi connectivity index (χ2n) is 7.10. The van der Waals surface area contributed by atoms with E-state index in [1.807, 2.05) is 66.9 Å². The first-order valence-corrected chi connectivity index (χ1v) is 9.40. The van der Waals surface area contributed by atoms with Gasteiger partial charge in [-0.2, -0.15) is 0 Å². The average molecular weight is 366 g/mol. The van der Waals surface area contributed by atoms with Crippen molar-refractivity contribution >= 4 is 16.7 Å². The molecule has 1 aromatic heterocycles. The Bertz CT molecular complexity index is 1050. The number of amides is 1. The van der Waals surface area contributed by atoms with E-state index in [2.05, 4.69) is 41.5 Å². The number of pyridine rings is 1. The second-order valence-corrected chi connectivity index (χ2v) is 7.10. The molecule has 4 rings (SSSR count). The molecule has 0 fully saturated rings. The summed E-state index contributed by atoms with van der Waals surface area (Å²) in [6.45, 7) is 2.06. The molecule has 28 heavy (non-hydrogen) atoms. The van der Waals surface area contributed by atoms with Crippen LogP contribution in [0.1, 0.15) is 23.6 Å². The molecule has 0 unspecified atom stereocenters. The maximum absolute atomic E-state index is 13.1. The summed E-state index contributed by atoms with van der Waals surface area (Å²) in [5, 5.41) is 5.39. The molecule has 3 nitrogen and oxygen atoms in total. The number of nitrogens with zero attached hydrogens (tertiary/aromatic N) is 1. The van der Waals surface area contributed by atoms with Gasteiger partial charge >= 0.3 is 0 Å². The second kappa shape index (κ2) is 7.65. The first-order valence-electron chi connectivity index (χ1n) is 9.40. The molecule has 3 aromatic carbocycles. The van der Waals surface area contributed by atoms with Gasteiger partial charge in [0.25, 0.3) is 0 Å². The fraction of sp³-hybridized carbons (Fsp3) is 0.120. The predicted octanol–water partition coefficient (Wildman–Crippen LogP) is 4.86. The Morgan fingerprint density at radius 3 is 2.14 bits per heavy atom. The lowest BCUT2D eigenvalue weighted by molar-refractivity contribution is -0.121. The highest BCUT2D eigenvalue weighted by molar-refractivity contribution is 5.90. The first kappa shape index (κ1) is 17.9. The van der Waals surface area contributed by atoms with Gasteiger partial charge in [-0.15, -0.1) is 0 Å². The highest BCUT2D eigenvalue weighted by Crippen LogP contribution is 2.29. The monoisotopic (exact) mass is 366 g/mol. The van der Waals surface area contributed by atoms with Gasteiger partial charge in [0.2, 0.25) is 5.91 Å². The maximum Gasteiger partial charge on any atom is 0.225 e. The van der Waals surface area contributed by atoms with Gasteiger partial charge < -0.3 is 5.32 Å². The SMILES string of the molecule is CC(NC(=O)Cc1cccc2cnccc12)(c1ccccc1)c1ccccc1. The van der Waals surface area contributed by atoms with Crippen molar-refractivity contribution in [1.82, 2.24) is 10.3 Å². The van der Waals surface area contributed by atoms with Gasteiger partial charge in [0.1, 0.15) is 0 Å². The molecule has 1 amide bonds. The first-order chi connectivity index (χ1) is 13.7. The van der Waals surface area contributed by atoms with E-state index < -0.39 is 5.54 Å². The number of carbonyl (C=O) groups is 1. The minimum atomic E-state index is -0.605. The predicted molar refractivity (Wildman–Crippen MR) is 113 cm³/mol. The third-order valence-corrected chi connectivity index (χ3v) is 5.21. The van der Waals surface area contributed by atoms with Gasteiger partial charge in [0.15, 0.2) is 0 Å². The molecular weight excluding hydrogens is 344 g/mol. The molecule has 0 spiro atoms. The van der Waals surface area contributed by atoms with E-state index in [0.29, 0.717) is 6.42 Å². The van der Waals surface area contributed by atoms with Gasteiger partial charge in [0.05, 0.1) is 12.0 Å². The van der Waals surface area contributed by atoms with Crippen LogP contribution in [0.2, 0.25) is 0 Å². The topological polar surface area (TPSA) is 42.0 Å². The molecule has 0 aliphatic heterocycles. The van der Waals surface area contributed by atoms with Gasteiger partial charge in [-0.1, -0.05) is 78.9 Å². The van der Waals surface area contributed by atoms with Crippen molar-refractivity contribution in [2.75, 3.05) is 0 Å². The summed E-state index contributed by atoms with van der Waals surface area (Å²) in [5.74, 6) is -0.0143. The largest absolute Gasteiger partial charge is 0.342 e. The van der Waals surface area contributed by atoms with Crippen molar-refractivity contribution in [3.63, 3.8) is 0 Å². The molecule has 4 aromatic rings. The molecule has 1 N–H and O–H groups in total. The number of hydrogen-bond acceptors (Lipinski definition) is 2. The van der Waals surface area contributed by atoms with Crippen molar-refractivity contribution in [3.8, 4) is 0 Å². The lowest BCUT2D eigenvalue weighted by Gasteiger charge is -2.32. The number of fused-ring (bicyclic) bond motifs is 1. The van der Waals surface area contributed by atoms with Crippen LogP contribution in [0.5, 0.6) is 0 Å². The Balaban J connectivity index is 1.66. The Hall–Kier alpha value is -3.46. The zero-order chi connectivity index (χ0) is 19.4. The standard InChI is InChI=1S/C25H22N2O/c1-25(21-11-4-2-5-12-21,22-13-6-3-7-14-22)27-24(28)17-19-9-8-10-20-18-26-16-15-23(19)20/h2-16,18H,17H2,1H3,(H,27,28). The van der Waals surface area contributed by atoms with Crippen LogP contribution in [0.3, 0.4) is 0 Å². The zero-order valence-corrected chi connectivity index (χ0v) is 15.8. The molecule has 0 saturated heterocycles. The van der Waals surface area contributed by atoms with Crippen LogP contribution >= 0.6 is 0 Å². The Morgan fingerprint density at radius 1 is 0.857 bits per heavy atom. The van der Waals surface area contributed by atoms with E-state index in [-0.39, 0.29) is 5.91 Å². The van der Waals surface area contributed by atoms with E-state index in [9.17, 15) is 4.79 Å². The van der Waals surface area contributed by atoms with E-state index in [0.717, 1.165) is 27.5 Å². The van der Waals surface area contributed by atoms with Crippen LogP contribution in [0.15, 0.2) is 97.3 Å². The van der Waals surface area contributed by atoms with Crippen LogP contribution in [0.25, 0.3) is 10.8 Å². The third-order valence-electron chi connectivity index (χ3n) is 5.21. The number of benzene rings is 3. The minimum Gasteiger partial charge on any atom is -0.342 e. The van der Waals surface area contributed by atoms with E-state index in [1.54, 1.807) is 6.20 Å². The van der Waals surface area contributed by atoms with Crippen molar-refractivity contribution in [2.45, 2.75) is 18.9 Å². The van der Waals surface area contributed by atoms with Crippen LogP contribution < -0.4 is 5.32 Å². The van der Waals surface area contributed by atoms with Gasteiger partial charge in [-0.3, -0.25) is 9.78 Å². The third kappa shape index (κ3) is 3.52. The molecule has 0 aliphatic carbocycles. The lowest BCUT2D eigenvalue weighted by Crippen LogP contribution is -2.45. The van der Waals surface area contributed by atoms with Crippen molar-refractivity contribution < 1.29 is 4.79 Å². The number of aromatic nitrogens is 1. The summed E-state index contributed by atoms with van der Waals surface area (Å²) in [6, 6.07) is 28.1. The molecule has 0 aliphatic rings. The summed E-state index contributed by atoms with van der Waals surface area (Å²) >= 11 is 0. The van der Waals surface area contributed by atoms with Crippen LogP contribution in [-0.4, -0.2) is 10.9 Å². The van der Waals surface area contributed by atoms with E-state index in [1.165, 1.54) is 0 Å². The van der Waals surface area contributed by atoms with Gasteiger partial charge in [0, 0.05) is 17.8 Å². The number of rotatable bonds is 5. The number of nitrogens with one attached hydrogen (secondary N) is 1. The smallest absolute Gasteiger partial charge is 0.225 e. The molecule has 138 valence electrons. The number of carbonyl (C=O) groups excluding carboxylic acids is 1. The summed E-state index contributed by atoms with van der Waals surface area (Å²) in [5.41, 5.74) is 2.50. The number of hydrogen-bond donors (Lipinski definition) is 1. The molecule has 0 bridgehead atoms. The quantitative estimate of drug-likeness (QED) is 0.548. The van der Waals surface area contributed by atoms with Crippen molar-refractivity contribution in [1.29, 1.82) is 0 Å². The molecule has 1 heterocycles. The molecule has 3 heteroatoms. The molecular formula is C25H22N2O. The van der Waals surface area contributed by atoms with Crippen molar-refractivity contribution in [2.24, 2.45) is 0 Å². The molecule has 0 radical (unpaired) electrons. The van der Waals surface area contributed by atoms with Crippen LogP contribution in [0.4, 0.5) is 0 Å². The van der Waals surface area contributed by atoms with Gasteiger partial charge in [-0.05, 0) is 35.1 Å². The minimum absolute atomic E-state index is 0.0143. The van der Waals surface area contributed by atoms with Gasteiger partial charge in [-0.25, -0.2) is 0 Å². The van der Waals surface area contributed by atoms with E-state index >= 15 is 0 Å². The zero-order valence-electron chi connectivity index (χ0n) is 15.8. The average Bonchev–Trinajstić information content (AvgIpc) is 2.75. The Labute approximate surface area is 165 Å². The summed E-state index contributed by atoms with van der Waals surface area (Å²) in [6.07, 6.45) is 3.91. The highest BCUT2D eigenvalue weighted by atomic mass is 16.1. The van der Waals surface area contributed by atoms with Crippen LogP contribution in [0, 0.1) is 0 Å². The lowest BCUT2D eigenvalue weighted by atomic mass is 9.84. The molecule has 0 saturated carbocycles. The van der Waals surface area contributed by atoms with Crippen molar-refractivity contribution in [3.05, 3.63) is 114 Å². The summed E-state index contributed by atoms with van der Waals surface area (Å²) < 4.78 is 0. The fourth-order valence-corrected chi connectivity index (χ4v) is 3.69. The maximum atomic E-state index is 13.1. The molecule has 0 atom stereocenters.